The number of carbonyl (C=O) groups is 1. The maximum atomic E-state index is 12.0. The standard InChI is InChI=1S/C9H17NO7S2/c1-18(13,14)4-5-19(15,16)10-2-3-17-7-8(10)6-9(11)12/h8H,2-7H2,1H3,(H,11,12). The van der Waals surface area contributed by atoms with Gasteiger partial charge in [0.15, 0.2) is 0 Å². The first-order chi connectivity index (χ1) is 8.62. The van der Waals surface area contributed by atoms with E-state index in [-0.39, 0.29) is 26.2 Å². The largest absolute Gasteiger partial charge is 0.481 e. The Bertz CT molecular complexity index is 525. The van der Waals surface area contributed by atoms with Gasteiger partial charge in [-0.25, -0.2) is 16.8 Å². The third kappa shape index (κ3) is 5.43. The van der Waals surface area contributed by atoms with Crippen molar-refractivity contribution < 1.29 is 31.5 Å². The summed E-state index contributed by atoms with van der Waals surface area (Å²) in [6, 6.07) is -0.782. The molecule has 0 aromatic carbocycles. The maximum absolute atomic E-state index is 12.0. The molecule has 0 aromatic heterocycles. The number of aliphatic carboxylic acids is 1. The number of hydrogen-bond donors (Lipinski definition) is 1. The van der Waals surface area contributed by atoms with Crippen molar-refractivity contribution in [3.63, 3.8) is 0 Å². The molecule has 1 saturated heterocycles. The second-order valence-electron chi connectivity index (χ2n) is 4.38. The van der Waals surface area contributed by atoms with Crippen LogP contribution in [-0.2, 0) is 29.4 Å². The van der Waals surface area contributed by atoms with Crippen molar-refractivity contribution in [2.24, 2.45) is 0 Å². The molecule has 0 amide bonds. The molecule has 0 bridgehead atoms. The normalized spacial score (nSPS) is 22.3. The summed E-state index contributed by atoms with van der Waals surface area (Å²) in [6.45, 7) is 0.225. The number of nitrogens with zero attached hydrogens (tertiary/aromatic N) is 1. The summed E-state index contributed by atoms with van der Waals surface area (Å²) in [6.07, 6.45) is 0.592. The molecule has 10 heteroatoms. The molecule has 1 fully saturated rings. The molecule has 112 valence electrons. The van der Waals surface area contributed by atoms with Crippen LogP contribution in [0.15, 0.2) is 0 Å². The molecular formula is C9H17NO7S2. The van der Waals surface area contributed by atoms with Crippen molar-refractivity contribution in [3.05, 3.63) is 0 Å². The van der Waals surface area contributed by atoms with Crippen molar-refractivity contribution in [1.29, 1.82) is 0 Å². The summed E-state index contributed by atoms with van der Waals surface area (Å²) in [5.74, 6) is -2.15. The Balaban J connectivity index is 2.80. The topological polar surface area (TPSA) is 118 Å². The lowest BCUT2D eigenvalue weighted by Gasteiger charge is -2.33. The fraction of sp³-hybridized carbons (Fsp3) is 0.889. The molecule has 19 heavy (non-hydrogen) atoms. The van der Waals surface area contributed by atoms with Crippen LogP contribution in [0.25, 0.3) is 0 Å². The third-order valence-electron chi connectivity index (χ3n) is 2.65. The predicted molar refractivity (Wildman–Crippen MR) is 67.1 cm³/mol. The zero-order valence-electron chi connectivity index (χ0n) is 10.5. The highest BCUT2D eigenvalue weighted by Crippen LogP contribution is 2.16. The molecule has 0 saturated carbocycles. The number of carboxylic acids is 1. The van der Waals surface area contributed by atoms with Gasteiger partial charge >= 0.3 is 5.97 Å². The average molecular weight is 315 g/mol. The van der Waals surface area contributed by atoms with Crippen molar-refractivity contribution in [2.75, 3.05) is 37.5 Å². The van der Waals surface area contributed by atoms with Gasteiger partial charge in [0, 0.05) is 12.8 Å². The fourth-order valence-electron chi connectivity index (χ4n) is 1.74. The van der Waals surface area contributed by atoms with E-state index in [4.69, 9.17) is 9.84 Å². The molecule has 1 aliphatic rings. The molecular weight excluding hydrogens is 298 g/mol. The Morgan fingerprint density at radius 1 is 1.32 bits per heavy atom. The lowest BCUT2D eigenvalue weighted by Crippen LogP contribution is -2.50. The van der Waals surface area contributed by atoms with E-state index in [2.05, 4.69) is 0 Å². The van der Waals surface area contributed by atoms with Crippen molar-refractivity contribution in [2.45, 2.75) is 12.5 Å². The lowest BCUT2D eigenvalue weighted by atomic mass is 10.2. The Kier molecular flexibility index (Phi) is 5.30. The van der Waals surface area contributed by atoms with E-state index >= 15 is 0 Å². The highest BCUT2D eigenvalue weighted by atomic mass is 32.2. The van der Waals surface area contributed by atoms with E-state index < -0.39 is 43.4 Å². The Labute approximate surface area is 112 Å². The molecule has 1 unspecified atom stereocenters. The second kappa shape index (κ2) is 6.16. The van der Waals surface area contributed by atoms with Gasteiger partial charge in [-0.1, -0.05) is 0 Å². The van der Waals surface area contributed by atoms with Gasteiger partial charge in [0.2, 0.25) is 10.0 Å². The minimum atomic E-state index is -3.80. The van der Waals surface area contributed by atoms with E-state index in [1.165, 1.54) is 0 Å². The van der Waals surface area contributed by atoms with E-state index in [1.54, 1.807) is 0 Å². The molecule has 1 heterocycles. The van der Waals surface area contributed by atoms with Crippen molar-refractivity contribution in [3.8, 4) is 0 Å². The molecule has 0 aromatic rings. The molecule has 0 aliphatic carbocycles. The van der Waals surface area contributed by atoms with Gasteiger partial charge in [0.1, 0.15) is 9.84 Å². The zero-order chi connectivity index (χ0) is 14.7. The number of sulfonamides is 1. The van der Waals surface area contributed by atoms with Crippen LogP contribution in [0.1, 0.15) is 6.42 Å². The van der Waals surface area contributed by atoms with E-state index in [0.29, 0.717) is 0 Å². The molecule has 0 radical (unpaired) electrons. The first kappa shape index (κ1) is 16.3. The van der Waals surface area contributed by atoms with Crippen LogP contribution in [0.5, 0.6) is 0 Å². The van der Waals surface area contributed by atoms with Crippen LogP contribution < -0.4 is 0 Å². The summed E-state index contributed by atoms with van der Waals surface area (Å²) in [7, 11) is -7.19. The number of morpholine rings is 1. The smallest absolute Gasteiger partial charge is 0.305 e. The Morgan fingerprint density at radius 2 is 1.95 bits per heavy atom. The SMILES string of the molecule is CS(=O)(=O)CCS(=O)(=O)N1CCOCC1CC(=O)O. The zero-order valence-corrected chi connectivity index (χ0v) is 12.1. The number of rotatable bonds is 6. The summed E-state index contributed by atoms with van der Waals surface area (Å²) in [5.41, 5.74) is 0. The van der Waals surface area contributed by atoms with Crippen LogP contribution >= 0.6 is 0 Å². The third-order valence-corrected chi connectivity index (χ3v) is 5.77. The average Bonchev–Trinajstić information content (AvgIpc) is 2.25. The number of carboxylic acid groups (broad SMARTS) is 1. The number of sulfone groups is 1. The minimum Gasteiger partial charge on any atom is -0.481 e. The molecule has 1 N–H and O–H groups in total. The van der Waals surface area contributed by atoms with Crippen molar-refractivity contribution >= 4 is 25.8 Å². The predicted octanol–water partition coefficient (Wildman–Crippen LogP) is -1.46. The minimum absolute atomic E-state index is 0.00437. The van der Waals surface area contributed by atoms with Crippen molar-refractivity contribution in [1.82, 2.24) is 4.31 Å². The van der Waals surface area contributed by atoms with Gasteiger partial charge in [0.05, 0.1) is 37.2 Å². The number of hydrogen-bond acceptors (Lipinski definition) is 6. The van der Waals surface area contributed by atoms with Gasteiger partial charge in [-0.15, -0.1) is 0 Å². The van der Waals surface area contributed by atoms with E-state index in [0.717, 1.165) is 10.6 Å². The van der Waals surface area contributed by atoms with Crippen LogP contribution in [0.2, 0.25) is 0 Å². The lowest BCUT2D eigenvalue weighted by molar-refractivity contribution is -0.139. The second-order valence-corrected chi connectivity index (χ2v) is 8.68. The van der Waals surface area contributed by atoms with Crippen LogP contribution in [0, 0.1) is 0 Å². The highest BCUT2D eigenvalue weighted by molar-refractivity contribution is 7.93. The molecule has 0 spiro atoms. The Hall–Kier alpha value is -0.710. The molecule has 8 nitrogen and oxygen atoms in total. The quantitative estimate of drug-likeness (QED) is 0.636. The van der Waals surface area contributed by atoms with Crippen LogP contribution in [0.3, 0.4) is 0 Å². The highest BCUT2D eigenvalue weighted by Gasteiger charge is 2.34. The summed E-state index contributed by atoms with van der Waals surface area (Å²) >= 11 is 0. The fourth-order valence-corrected chi connectivity index (χ4v) is 4.97. The maximum Gasteiger partial charge on any atom is 0.305 e. The van der Waals surface area contributed by atoms with Gasteiger partial charge in [0.25, 0.3) is 0 Å². The molecule has 1 rings (SSSR count). The molecule has 1 atom stereocenters. The summed E-state index contributed by atoms with van der Waals surface area (Å²) < 4.78 is 52.2. The first-order valence-electron chi connectivity index (χ1n) is 5.58. The van der Waals surface area contributed by atoms with Gasteiger partial charge in [-0.05, 0) is 0 Å². The van der Waals surface area contributed by atoms with E-state index in [1.807, 2.05) is 0 Å². The first-order valence-corrected chi connectivity index (χ1v) is 9.25. The van der Waals surface area contributed by atoms with Crippen LogP contribution in [-0.4, -0.2) is 75.8 Å². The monoisotopic (exact) mass is 315 g/mol. The van der Waals surface area contributed by atoms with E-state index in [9.17, 15) is 21.6 Å². The van der Waals surface area contributed by atoms with Crippen LogP contribution in [0.4, 0.5) is 0 Å². The Morgan fingerprint density at radius 3 is 2.47 bits per heavy atom. The number of ether oxygens (including phenoxy) is 1. The van der Waals surface area contributed by atoms with Gasteiger partial charge in [-0.3, -0.25) is 4.79 Å². The van der Waals surface area contributed by atoms with Gasteiger partial charge < -0.3 is 9.84 Å². The van der Waals surface area contributed by atoms with Gasteiger partial charge in [-0.2, -0.15) is 4.31 Å². The summed E-state index contributed by atoms with van der Waals surface area (Å²) in [4.78, 5) is 10.7. The molecule has 1 aliphatic heterocycles. The summed E-state index contributed by atoms with van der Waals surface area (Å²) in [5, 5.41) is 8.74.